The Hall–Kier alpha value is -2.44. The third-order valence-electron chi connectivity index (χ3n) is 6.16. The van der Waals surface area contributed by atoms with Crippen molar-refractivity contribution in [2.45, 2.75) is 69.5 Å². The molecule has 3 aliphatic heterocycles. The number of nitrogens with one attached hydrogen (secondary N) is 2. The molecule has 0 aliphatic carbocycles. The molecule has 4 rings (SSSR count). The molecule has 0 radical (unpaired) electrons. The molecule has 7 heteroatoms. The zero-order valence-corrected chi connectivity index (χ0v) is 15.3. The summed E-state index contributed by atoms with van der Waals surface area (Å²) in [7, 11) is 0. The molecule has 4 amide bonds. The van der Waals surface area contributed by atoms with Gasteiger partial charge >= 0.3 is 6.03 Å². The number of hydrogen-bond donors (Lipinski definition) is 2. The second kappa shape index (κ2) is 6.94. The molecule has 1 aromatic rings. The predicted octanol–water partition coefficient (Wildman–Crippen LogP) is 2.36. The second-order valence-corrected chi connectivity index (χ2v) is 7.92. The Balaban J connectivity index is 1.49. The quantitative estimate of drug-likeness (QED) is 0.835. The van der Waals surface area contributed by atoms with Gasteiger partial charge < -0.3 is 10.2 Å². The second-order valence-electron chi connectivity index (χ2n) is 7.92. The van der Waals surface area contributed by atoms with Crippen LogP contribution in [0.15, 0.2) is 18.2 Å². The van der Waals surface area contributed by atoms with Gasteiger partial charge in [-0.3, -0.25) is 14.9 Å². The molecule has 3 saturated heterocycles. The number of hydrogen-bond acceptors (Lipinski definition) is 3. The molecule has 0 saturated carbocycles. The summed E-state index contributed by atoms with van der Waals surface area (Å²) in [5.74, 6) is -0.309. The minimum atomic E-state index is -0.649. The van der Waals surface area contributed by atoms with E-state index < -0.39 is 12.1 Å². The average Bonchev–Trinajstić information content (AvgIpc) is 2.79. The van der Waals surface area contributed by atoms with E-state index in [2.05, 4.69) is 10.6 Å². The van der Waals surface area contributed by atoms with Gasteiger partial charge in [0.05, 0.1) is 0 Å². The molecule has 3 aliphatic rings. The Morgan fingerprint density at radius 3 is 2.52 bits per heavy atom. The van der Waals surface area contributed by atoms with Gasteiger partial charge in [-0.1, -0.05) is 12.1 Å². The Bertz CT molecular complexity index is 783. The number of nitrogens with zero attached hydrogens (tertiary/aromatic N) is 1. The van der Waals surface area contributed by atoms with Crippen LogP contribution in [0.3, 0.4) is 0 Å². The first-order valence-corrected chi connectivity index (χ1v) is 9.61. The maximum absolute atomic E-state index is 13.6. The molecule has 2 N–H and O–H groups in total. The van der Waals surface area contributed by atoms with Gasteiger partial charge in [-0.05, 0) is 62.1 Å². The van der Waals surface area contributed by atoms with E-state index in [4.69, 9.17) is 0 Å². The molecule has 0 aromatic heterocycles. The van der Waals surface area contributed by atoms with Gasteiger partial charge in [0.15, 0.2) is 0 Å². The lowest BCUT2D eigenvalue weighted by atomic mass is 9.84. The van der Waals surface area contributed by atoms with Crippen molar-refractivity contribution in [2.24, 2.45) is 0 Å². The van der Waals surface area contributed by atoms with E-state index in [0.29, 0.717) is 17.9 Å². The summed E-state index contributed by atoms with van der Waals surface area (Å²) in [6.07, 6.45) is 4.09. The number of imide groups is 1. The summed E-state index contributed by atoms with van der Waals surface area (Å²) in [5.41, 5.74) is 1.78. The van der Waals surface area contributed by atoms with Crippen molar-refractivity contribution < 1.29 is 18.8 Å². The average molecular weight is 373 g/mol. The van der Waals surface area contributed by atoms with Gasteiger partial charge in [0.25, 0.3) is 0 Å². The molecule has 3 fully saturated rings. The fourth-order valence-electron chi connectivity index (χ4n) is 4.83. The van der Waals surface area contributed by atoms with Crippen molar-refractivity contribution in [2.75, 3.05) is 0 Å². The maximum atomic E-state index is 13.6. The molecule has 144 valence electrons. The summed E-state index contributed by atoms with van der Waals surface area (Å²) < 4.78 is 13.6. The first kappa shape index (κ1) is 17.9. The van der Waals surface area contributed by atoms with Gasteiger partial charge in [0.2, 0.25) is 11.8 Å². The Morgan fingerprint density at radius 2 is 1.85 bits per heavy atom. The molecule has 4 atom stereocenters. The van der Waals surface area contributed by atoms with Crippen LogP contribution in [0.2, 0.25) is 0 Å². The molecular weight excluding hydrogens is 349 g/mol. The standard InChI is InChI=1S/C20H24FN3O3/c1-11-8-12(2-5-16(11)21)13-9-14-3-4-15(10-13)24(14)19(26)17-6-7-18(25)23-20(27)22-17/h2,5,8,13-15,17H,3-4,6-7,9-10H2,1H3,(H2,22,23,25,27)/t13?,14-,15+,17-/m0/s1. The third kappa shape index (κ3) is 3.42. The van der Waals surface area contributed by atoms with Crippen molar-refractivity contribution in [1.29, 1.82) is 0 Å². The summed E-state index contributed by atoms with van der Waals surface area (Å²) >= 11 is 0. The first-order chi connectivity index (χ1) is 12.9. The Labute approximate surface area is 157 Å². The highest BCUT2D eigenvalue weighted by atomic mass is 19.1. The van der Waals surface area contributed by atoms with Gasteiger partial charge in [-0.2, -0.15) is 0 Å². The molecule has 3 heterocycles. The topological polar surface area (TPSA) is 78.5 Å². The lowest BCUT2D eigenvalue weighted by Gasteiger charge is -2.40. The van der Waals surface area contributed by atoms with E-state index in [-0.39, 0.29) is 36.1 Å². The summed E-state index contributed by atoms with van der Waals surface area (Å²) in [6, 6.07) is 4.32. The number of aryl methyl sites for hydroxylation is 1. The zero-order valence-electron chi connectivity index (χ0n) is 15.3. The molecule has 27 heavy (non-hydrogen) atoms. The number of carbonyl (C=O) groups is 3. The van der Waals surface area contributed by atoms with Crippen LogP contribution in [-0.2, 0) is 9.59 Å². The molecule has 1 aromatic carbocycles. The number of fused-ring (bicyclic) bond motifs is 2. The van der Waals surface area contributed by atoms with Crippen LogP contribution in [0, 0.1) is 12.7 Å². The van der Waals surface area contributed by atoms with Crippen LogP contribution in [0.5, 0.6) is 0 Å². The van der Waals surface area contributed by atoms with E-state index in [1.54, 1.807) is 6.92 Å². The minimum absolute atomic E-state index is 0.0823. The van der Waals surface area contributed by atoms with Crippen molar-refractivity contribution in [3.05, 3.63) is 35.1 Å². The van der Waals surface area contributed by atoms with E-state index in [1.165, 1.54) is 6.07 Å². The van der Waals surface area contributed by atoms with Crippen LogP contribution in [0.4, 0.5) is 9.18 Å². The number of urea groups is 1. The molecule has 6 nitrogen and oxygen atoms in total. The Kier molecular flexibility index (Phi) is 4.61. The van der Waals surface area contributed by atoms with Crippen LogP contribution < -0.4 is 10.6 Å². The van der Waals surface area contributed by atoms with Gasteiger partial charge in [-0.25, -0.2) is 9.18 Å². The highest BCUT2D eigenvalue weighted by molar-refractivity contribution is 5.98. The van der Waals surface area contributed by atoms with Crippen molar-refractivity contribution in [1.82, 2.24) is 15.5 Å². The van der Waals surface area contributed by atoms with Crippen LogP contribution in [0.25, 0.3) is 0 Å². The van der Waals surface area contributed by atoms with Crippen LogP contribution >= 0.6 is 0 Å². The lowest BCUT2D eigenvalue weighted by Crippen LogP contribution is -2.55. The number of amides is 4. The van der Waals surface area contributed by atoms with Crippen molar-refractivity contribution >= 4 is 17.8 Å². The summed E-state index contributed by atoms with van der Waals surface area (Å²) in [4.78, 5) is 38.3. The normalized spacial score (nSPS) is 30.5. The maximum Gasteiger partial charge on any atom is 0.322 e. The van der Waals surface area contributed by atoms with Gasteiger partial charge in [0.1, 0.15) is 11.9 Å². The lowest BCUT2D eigenvalue weighted by molar-refractivity contribution is -0.138. The molecule has 1 unspecified atom stereocenters. The minimum Gasteiger partial charge on any atom is -0.335 e. The van der Waals surface area contributed by atoms with E-state index >= 15 is 0 Å². The summed E-state index contributed by atoms with van der Waals surface area (Å²) in [5, 5.41) is 4.84. The van der Waals surface area contributed by atoms with Gasteiger partial charge in [0, 0.05) is 18.5 Å². The fourth-order valence-corrected chi connectivity index (χ4v) is 4.83. The largest absolute Gasteiger partial charge is 0.335 e. The SMILES string of the molecule is Cc1cc(C2C[C@H]3CC[C@@H](C2)N3C(=O)[C@@H]2CCC(=O)NC(=O)N2)ccc1F. The smallest absolute Gasteiger partial charge is 0.322 e. The number of carbonyl (C=O) groups excluding carboxylic acids is 3. The predicted molar refractivity (Wildman–Crippen MR) is 96.5 cm³/mol. The molecule has 0 spiro atoms. The van der Waals surface area contributed by atoms with Crippen LogP contribution in [-0.4, -0.2) is 40.9 Å². The monoisotopic (exact) mass is 373 g/mol. The zero-order chi connectivity index (χ0) is 19.1. The Morgan fingerprint density at radius 1 is 1.15 bits per heavy atom. The molecule has 2 bridgehead atoms. The van der Waals surface area contributed by atoms with E-state index in [0.717, 1.165) is 31.2 Å². The van der Waals surface area contributed by atoms with Crippen molar-refractivity contribution in [3.63, 3.8) is 0 Å². The number of halogens is 1. The fraction of sp³-hybridized carbons (Fsp3) is 0.550. The van der Waals surface area contributed by atoms with Crippen LogP contribution in [0.1, 0.15) is 55.6 Å². The number of rotatable bonds is 2. The van der Waals surface area contributed by atoms with Crippen molar-refractivity contribution in [3.8, 4) is 0 Å². The highest BCUT2D eigenvalue weighted by Gasteiger charge is 2.45. The number of benzene rings is 1. The first-order valence-electron chi connectivity index (χ1n) is 9.61. The van der Waals surface area contributed by atoms with E-state index in [9.17, 15) is 18.8 Å². The number of piperidine rings is 1. The van der Waals surface area contributed by atoms with Gasteiger partial charge in [-0.15, -0.1) is 0 Å². The summed E-state index contributed by atoms with van der Waals surface area (Å²) in [6.45, 7) is 1.77. The highest BCUT2D eigenvalue weighted by Crippen LogP contribution is 2.43. The van der Waals surface area contributed by atoms with E-state index in [1.807, 2.05) is 17.0 Å². The molecular formula is C20H24FN3O3. The third-order valence-corrected chi connectivity index (χ3v) is 6.16.